The zero-order chi connectivity index (χ0) is 17.7. The summed E-state index contributed by atoms with van der Waals surface area (Å²) in [6.45, 7) is 3.07. The molecule has 1 aliphatic carbocycles. The Labute approximate surface area is 148 Å². The van der Waals surface area contributed by atoms with E-state index in [1.54, 1.807) is 17.0 Å². The fourth-order valence-corrected chi connectivity index (χ4v) is 4.51. The van der Waals surface area contributed by atoms with E-state index < -0.39 is 4.92 Å². The first-order chi connectivity index (χ1) is 12.1. The molecule has 0 atom stereocenters. The van der Waals surface area contributed by atoms with Crippen LogP contribution in [0.25, 0.3) is 0 Å². The van der Waals surface area contributed by atoms with Crippen LogP contribution in [0, 0.1) is 10.1 Å². The average Bonchev–Trinajstić information content (AvgIpc) is 2.67. The smallest absolute Gasteiger partial charge is 0.270 e. The molecule has 1 aliphatic heterocycles. The quantitative estimate of drug-likeness (QED) is 0.633. The van der Waals surface area contributed by atoms with Crippen LogP contribution in [0.4, 0.5) is 5.69 Å². The predicted octanol–water partition coefficient (Wildman–Crippen LogP) is 2.10. The van der Waals surface area contributed by atoms with E-state index in [1.807, 2.05) is 0 Å². The molecular formula is C19H28N3O3+. The van der Waals surface area contributed by atoms with Crippen LogP contribution in [-0.2, 0) is 0 Å². The molecule has 0 radical (unpaired) electrons. The van der Waals surface area contributed by atoms with Gasteiger partial charge in [0.05, 0.1) is 24.6 Å². The van der Waals surface area contributed by atoms with Crippen molar-refractivity contribution < 1.29 is 14.6 Å². The fraction of sp³-hybridized carbons (Fsp3) is 0.632. The molecule has 2 N–H and O–H groups in total. The van der Waals surface area contributed by atoms with Crippen molar-refractivity contribution in [3.63, 3.8) is 0 Å². The van der Waals surface area contributed by atoms with Crippen molar-refractivity contribution in [3.8, 4) is 0 Å². The Kier molecular flexibility index (Phi) is 5.68. The maximum atomic E-state index is 12.5. The summed E-state index contributed by atoms with van der Waals surface area (Å²) in [5.41, 5.74) is 0.477. The van der Waals surface area contributed by atoms with Crippen LogP contribution in [0.5, 0.6) is 0 Å². The predicted molar refractivity (Wildman–Crippen MR) is 95.8 cm³/mol. The molecule has 1 saturated carbocycles. The van der Waals surface area contributed by atoms with E-state index in [0.717, 1.165) is 12.8 Å². The molecule has 2 fully saturated rings. The van der Waals surface area contributed by atoms with Crippen LogP contribution in [0.2, 0.25) is 0 Å². The first-order valence-electron chi connectivity index (χ1n) is 9.49. The number of carbonyl (C=O) groups is 1. The van der Waals surface area contributed by atoms with E-state index in [9.17, 15) is 14.9 Å². The first-order valence-corrected chi connectivity index (χ1v) is 9.49. The number of nitrogens with one attached hydrogen (secondary N) is 2. The molecule has 1 amide bonds. The van der Waals surface area contributed by atoms with Crippen LogP contribution < -0.4 is 10.2 Å². The first kappa shape index (κ1) is 17.9. The molecule has 1 aromatic rings. The molecule has 2 aliphatic rings. The van der Waals surface area contributed by atoms with Gasteiger partial charge in [0.15, 0.2) is 0 Å². The Morgan fingerprint density at radius 1 is 1.12 bits per heavy atom. The van der Waals surface area contributed by atoms with E-state index in [0.29, 0.717) is 12.1 Å². The highest BCUT2D eigenvalue weighted by atomic mass is 16.6. The summed E-state index contributed by atoms with van der Waals surface area (Å²) in [5, 5.41) is 14.0. The SMILES string of the molecule is O=C(NCC1([NH+]2CCCCC2)CCCCC1)c1cccc([N+](=O)[O-])c1. The standard InChI is InChI=1S/C19H27N3O3/c23-18(16-8-7-9-17(14-16)22(24)25)20-15-19(10-3-1-4-11-19)21-12-5-2-6-13-21/h7-9,14H,1-6,10-13,15H2,(H,20,23)/p+1. The van der Waals surface area contributed by atoms with Gasteiger partial charge in [0.2, 0.25) is 0 Å². The second-order valence-electron chi connectivity index (χ2n) is 7.50. The monoisotopic (exact) mass is 346 g/mol. The number of rotatable bonds is 5. The number of hydrogen-bond donors (Lipinski definition) is 2. The maximum Gasteiger partial charge on any atom is 0.270 e. The van der Waals surface area contributed by atoms with Gasteiger partial charge in [-0.3, -0.25) is 14.9 Å². The van der Waals surface area contributed by atoms with Gasteiger partial charge in [-0.15, -0.1) is 0 Å². The summed E-state index contributed by atoms with van der Waals surface area (Å²) >= 11 is 0. The summed E-state index contributed by atoms with van der Waals surface area (Å²) < 4.78 is 0. The van der Waals surface area contributed by atoms with Gasteiger partial charge >= 0.3 is 0 Å². The fourth-order valence-electron chi connectivity index (χ4n) is 4.51. The second-order valence-corrected chi connectivity index (χ2v) is 7.50. The molecule has 6 nitrogen and oxygen atoms in total. The number of piperidine rings is 1. The van der Waals surface area contributed by atoms with Crippen molar-refractivity contribution in [3.05, 3.63) is 39.9 Å². The molecule has 0 aromatic heterocycles. The number of amides is 1. The van der Waals surface area contributed by atoms with Crippen molar-refractivity contribution >= 4 is 11.6 Å². The Morgan fingerprint density at radius 3 is 2.48 bits per heavy atom. The normalized spacial score (nSPS) is 20.8. The van der Waals surface area contributed by atoms with Crippen LogP contribution in [0.3, 0.4) is 0 Å². The molecule has 1 aromatic carbocycles. The molecule has 3 rings (SSSR count). The molecular weight excluding hydrogens is 318 g/mol. The summed E-state index contributed by atoms with van der Waals surface area (Å²) in [6, 6.07) is 5.98. The van der Waals surface area contributed by atoms with Gasteiger partial charge in [0.1, 0.15) is 5.54 Å². The Bertz CT molecular complexity index is 620. The summed E-state index contributed by atoms with van der Waals surface area (Å²) in [7, 11) is 0. The molecule has 136 valence electrons. The second kappa shape index (κ2) is 7.95. The van der Waals surface area contributed by atoms with Gasteiger partial charge in [-0.05, 0) is 38.2 Å². The number of nitrogens with zero attached hydrogens (tertiary/aromatic N) is 1. The average molecular weight is 346 g/mol. The van der Waals surface area contributed by atoms with Crippen molar-refractivity contribution in [1.82, 2.24) is 5.32 Å². The lowest BCUT2D eigenvalue weighted by molar-refractivity contribution is -0.957. The van der Waals surface area contributed by atoms with Crippen molar-refractivity contribution in [2.75, 3.05) is 19.6 Å². The number of non-ortho nitro benzene ring substituents is 1. The van der Waals surface area contributed by atoms with Crippen molar-refractivity contribution in [1.29, 1.82) is 0 Å². The zero-order valence-electron chi connectivity index (χ0n) is 14.8. The van der Waals surface area contributed by atoms with Crippen molar-refractivity contribution in [2.24, 2.45) is 0 Å². The van der Waals surface area contributed by atoms with Gasteiger partial charge < -0.3 is 10.2 Å². The molecule has 0 bridgehead atoms. The summed E-state index contributed by atoms with van der Waals surface area (Å²) in [6.07, 6.45) is 9.95. The third-order valence-corrected chi connectivity index (χ3v) is 5.92. The largest absolute Gasteiger partial charge is 0.346 e. The number of carbonyl (C=O) groups excluding carboxylic acids is 1. The Morgan fingerprint density at radius 2 is 1.80 bits per heavy atom. The number of hydrogen-bond acceptors (Lipinski definition) is 3. The van der Waals surface area contributed by atoms with E-state index in [1.165, 1.54) is 63.7 Å². The highest BCUT2D eigenvalue weighted by Crippen LogP contribution is 2.26. The molecule has 6 heteroatoms. The van der Waals surface area contributed by atoms with E-state index in [4.69, 9.17) is 0 Å². The third kappa shape index (κ3) is 4.18. The Hall–Kier alpha value is -1.95. The third-order valence-electron chi connectivity index (χ3n) is 5.92. The van der Waals surface area contributed by atoms with Crippen LogP contribution in [0.15, 0.2) is 24.3 Å². The van der Waals surface area contributed by atoms with Gasteiger partial charge in [0, 0.05) is 30.5 Å². The van der Waals surface area contributed by atoms with Crippen LogP contribution in [0.1, 0.15) is 61.7 Å². The highest BCUT2D eigenvalue weighted by Gasteiger charge is 2.42. The minimum absolute atomic E-state index is 0.0401. The lowest BCUT2D eigenvalue weighted by Crippen LogP contribution is -3.22. The molecule has 1 saturated heterocycles. The molecule has 0 spiro atoms. The molecule has 25 heavy (non-hydrogen) atoms. The van der Waals surface area contributed by atoms with Gasteiger partial charge in [-0.25, -0.2) is 0 Å². The topological polar surface area (TPSA) is 76.7 Å². The number of nitro groups is 1. The number of quaternary nitrogens is 1. The minimum atomic E-state index is -0.461. The number of nitro benzene ring substituents is 1. The van der Waals surface area contributed by atoms with Crippen LogP contribution >= 0.6 is 0 Å². The van der Waals surface area contributed by atoms with E-state index >= 15 is 0 Å². The lowest BCUT2D eigenvalue weighted by Gasteiger charge is -2.45. The van der Waals surface area contributed by atoms with Gasteiger partial charge in [0.25, 0.3) is 11.6 Å². The van der Waals surface area contributed by atoms with Crippen molar-refractivity contribution in [2.45, 2.75) is 56.9 Å². The number of likely N-dealkylation sites (tertiary alicyclic amines) is 1. The van der Waals surface area contributed by atoms with E-state index in [2.05, 4.69) is 5.32 Å². The van der Waals surface area contributed by atoms with Crippen LogP contribution in [-0.4, -0.2) is 36.0 Å². The molecule has 1 heterocycles. The maximum absolute atomic E-state index is 12.5. The highest BCUT2D eigenvalue weighted by molar-refractivity contribution is 5.94. The summed E-state index contributed by atoms with van der Waals surface area (Å²) in [4.78, 5) is 24.6. The van der Waals surface area contributed by atoms with Gasteiger partial charge in [-0.1, -0.05) is 12.5 Å². The molecule has 0 unspecified atom stereocenters. The number of benzene rings is 1. The van der Waals surface area contributed by atoms with Gasteiger partial charge in [-0.2, -0.15) is 0 Å². The van der Waals surface area contributed by atoms with E-state index in [-0.39, 0.29) is 17.1 Å². The minimum Gasteiger partial charge on any atom is -0.346 e. The summed E-state index contributed by atoms with van der Waals surface area (Å²) in [5.74, 6) is -0.204. The Balaban J connectivity index is 1.69. The lowest BCUT2D eigenvalue weighted by atomic mass is 9.79. The zero-order valence-corrected chi connectivity index (χ0v) is 14.8.